The van der Waals surface area contributed by atoms with E-state index in [2.05, 4.69) is 4.99 Å². The van der Waals surface area contributed by atoms with E-state index in [1.807, 2.05) is 12.2 Å². The maximum Gasteiger partial charge on any atom is 0.296 e. The lowest BCUT2D eigenvalue weighted by Crippen LogP contribution is -2.05. The van der Waals surface area contributed by atoms with Gasteiger partial charge < -0.3 is 5.02 Å². The second-order valence-corrected chi connectivity index (χ2v) is 1.71. The maximum absolute atomic E-state index is 8.44. The van der Waals surface area contributed by atoms with Gasteiger partial charge in [-0.05, 0) is 11.9 Å². The van der Waals surface area contributed by atoms with Crippen LogP contribution in [-0.4, -0.2) is 25.3 Å². The van der Waals surface area contributed by atoms with E-state index in [4.69, 9.17) is 5.02 Å². The summed E-state index contributed by atoms with van der Waals surface area (Å²) in [7, 11) is 1.16. The molecule has 0 bridgehead atoms. The molecule has 1 N–H and O–H groups in total. The minimum atomic E-state index is 0.139. The first-order chi connectivity index (χ1) is 3.93. The van der Waals surface area contributed by atoms with Crippen molar-refractivity contribution in [2.45, 2.75) is 5.82 Å². The topological polar surface area (TPSA) is 32.6 Å². The van der Waals surface area contributed by atoms with E-state index in [1.165, 1.54) is 0 Å². The molecule has 1 radical (unpaired) electrons. The molecule has 0 aromatic rings. The van der Waals surface area contributed by atoms with Gasteiger partial charge in [0.15, 0.2) is 0 Å². The van der Waals surface area contributed by atoms with E-state index in [9.17, 15) is 0 Å². The molecule has 3 heteroatoms. The molecule has 41 valence electrons. The number of rotatable bonds is 1. The van der Waals surface area contributed by atoms with Crippen LogP contribution >= 0.6 is 0 Å². The lowest BCUT2D eigenvalue weighted by atomic mass is 9.80. The van der Waals surface area contributed by atoms with Crippen molar-refractivity contribution in [1.29, 1.82) is 0 Å². The predicted octanol–water partition coefficient (Wildman–Crippen LogP) is 0.0270. The monoisotopic (exact) mass is 108 g/mol. The van der Waals surface area contributed by atoms with Crippen LogP contribution in [0.25, 0.3) is 0 Å². The van der Waals surface area contributed by atoms with Crippen LogP contribution in [0.2, 0.25) is 5.82 Å². The molecule has 0 saturated heterocycles. The summed E-state index contributed by atoms with van der Waals surface area (Å²) >= 11 is 0. The molecule has 1 rings (SSSR count). The third-order valence-corrected chi connectivity index (χ3v) is 1.06. The number of aliphatic imine (C=N–C) groups is 1. The van der Waals surface area contributed by atoms with Gasteiger partial charge in [-0.1, -0.05) is 6.08 Å². The predicted molar refractivity (Wildman–Crippen MR) is 34.2 cm³/mol. The summed E-state index contributed by atoms with van der Waals surface area (Å²) in [5, 5.41) is 8.44. The summed E-state index contributed by atoms with van der Waals surface area (Å²) in [4.78, 5) is 3.93. The van der Waals surface area contributed by atoms with Crippen LogP contribution in [0.1, 0.15) is 0 Å². The van der Waals surface area contributed by atoms with E-state index >= 15 is 0 Å². The number of dihydropyridines is 1. The van der Waals surface area contributed by atoms with Gasteiger partial charge >= 0.3 is 0 Å². The Morgan fingerprint density at radius 2 is 2.62 bits per heavy atom. The van der Waals surface area contributed by atoms with Gasteiger partial charge in [0.25, 0.3) is 7.48 Å². The molecule has 0 spiro atoms. The van der Waals surface area contributed by atoms with Crippen molar-refractivity contribution >= 4 is 13.7 Å². The SMILES string of the molecule is O[B]C1C=CC=NC1. The first-order valence-electron chi connectivity index (χ1n) is 2.57. The van der Waals surface area contributed by atoms with Gasteiger partial charge in [0.2, 0.25) is 0 Å². The van der Waals surface area contributed by atoms with Gasteiger partial charge in [-0.3, -0.25) is 4.99 Å². The van der Waals surface area contributed by atoms with Crippen molar-refractivity contribution in [2.24, 2.45) is 4.99 Å². The Morgan fingerprint density at radius 1 is 1.75 bits per heavy atom. The van der Waals surface area contributed by atoms with Crippen molar-refractivity contribution in [3.8, 4) is 0 Å². The Balaban J connectivity index is 2.40. The average molecular weight is 108 g/mol. The average Bonchev–Trinajstić information content (AvgIpc) is 1.90. The molecule has 0 aromatic carbocycles. The second kappa shape index (κ2) is 2.67. The standard InChI is InChI=1S/C5H7BNO/c8-6-5-2-1-3-7-4-5/h1-3,5,8H,4H2. The van der Waals surface area contributed by atoms with Crippen LogP contribution < -0.4 is 0 Å². The minimum absolute atomic E-state index is 0.139. The van der Waals surface area contributed by atoms with Crippen LogP contribution in [0.3, 0.4) is 0 Å². The molecular weight excluding hydrogens is 101 g/mol. The van der Waals surface area contributed by atoms with Gasteiger partial charge in [0.1, 0.15) is 0 Å². The zero-order valence-corrected chi connectivity index (χ0v) is 4.49. The molecule has 1 heterocycles. The van der Waals surface area contributed by atoms with Crippen LogP contribution in [0.15, 0.2) is 17.1 Å². The summed E-state index contributed by atoms with van der Waals surface area (Å²) in [6, 6.07) is 0. The second-order valence-electron chi connectivity index (χ2n) is 1.71. The first kappa shape index (κ1) is 5.57. The number of allylic oxidation sites excluding steroid dienone is 1. The van der Waals surface area contributed by atoms with E-state index in [-0.39, 0.29) is 5.82 Å². The minimum Gasteiger partial charge on any atom is -0.454 e. The largest absolute Gasteiger partial charge is 0.454 e. The van der Waals surface area contributed by atoms with Gasteiger partial charge in [0, 0.05) is 12.8 Å². The fraction of sp³-hybridized carbons (Fsp3) is 0.400. The Kier molecular flexibility index (Phi) is 1.86. The summed E-state index contributed by atoms with van der Waals surface area (Å²) in [6.07, 6.45) is 5.48. The molecule has 8 heavy (non-hydrogen) atoms. The Labute approximate surface area is 49.2 Å². The molecule has 1 unspecified atom stereocenters. The number of hydrogen-bond acceptors (Lipinski definition) is 2. The van der Waals surface area contributed by atoms with Crippen LogP contribution in [0.5, 0.6) is 0 Å². The van der Waals surface area contributed by atoms with Gasteiger partial charge in [-0.25, -0.2) is 0 Å². The summed E-state index contributed by atoms with van der Waals surface area (Å²) in [6.45, 7) is 0.688. The lowest BCUT2D eigenvalue weighted by Gasteiger charge is -2.04. The highest BCUT2D eigenvalue weighted by molar-refractivity contribution is 6.29. The fourth-order valence-corrected chi connectivity index (χ4v) is 0.594. The molecular formula is C5H7BNO. The van der Waals surface area contributed by atoms with Crippen molar-refractivity contribution in [2.75, 3.05) is 6.54 Å². The molecule has 0 saturated carbocycles. The van der Waals surface area contributed by atoms with Crippen LogP contribution in [0.4, 0.5) is 0 Å². The lowest BCUT2D eigenvalue weighted by molar-refractivity contribution is 0.589. The smallest absolute Gasteiger partial charge is 0.296 e. The number of hydrogen-bond donors (Lipinski definition) is 1. The molecule has 0 amide bonds. The molecule has 0 aromatic heterocycles. The zero-order chi connectivity index (χ0) is 5.82. The highest BCUT2D eigenvalue weighted by atomic mass is 16.2. The van der Waals surface area contributed by atoms with Gasteiger partial charge in [-0.15, -0.1) is 0 Å². The summed E-state index contributed by atoms with van der Waals surface area (Å²) in [5.74, 6) is 0.139. The van der Waals surface area contributed by atoms with E-state index in [0.717, 1.165) is 7.48 Å². The Hall–Kier alpha value is -0.565. The van der Waals surface area contributed by atoms with Crippen molar-refractivity contribution in [1.82, 2.24) is 0 Å². The molecule has 0 fully saturated rings. The molecule has 2 nitrogen and oxygen atoms in total. The van der Waals surface area contributed by atoms with Crippen molar-refractivity contribution in [3.63, 3.8) is 0 Å². The maximum atomic E-state index is 8.44. The number of nitrogens with zero attached hydrogens (tertiary/aromatic N) is 1. The van der Waals surface area contributed by atoms with Gasteiger partial charge in [-0.2, -0.15) is 0 Å². The third kappa shape index (κ3) is 1.20. The van der Waals surface area contributed by atoms with Crippen LogP contribution in [0, 0.1) is 0 Å². The quantitative estimate of drug-likeness (QED) is 0.472. The zero-order valence-electron chi connectivity index (χ0n) is 4.49. The Bertz CT molecular complexity index is 122. The molecule has 0 aliphatic carbocycles. The molecule has 1 atom stereocenters. The Morgan fingerprint density at radius 3 is 3.00 bits per heavy atom. The third-order valence-electron chi connectivity index (χ3n) is 1.06. The van der Waals surface area contributed by atoms with E-state index in [0.29, 0.717) is 6.54 Å². The van der Waals surface area contributed by atoms with Crippen molar-refractivity contribution in [3.05, 3.63) is 12.2 Å². The summed E-state index contributed by atoms with van der Waals surface area (Å²) in [5.41, 5.74) is 0. The van der Waals surface area contributed by atoms with Crippen molar-refractivity contribution < 1.29 is 5.02 Å². The highest BCUT2D eigenvalue weighted by Gasteiger charge is 2.04. The molecule has 1 aliphatic rings. The first-order valence-corrected chi connectivity index (χ1v) is 2.57. The summed E-state index contributed by atoms with van der Waals surface area (Å²) < 4.78 is 0. The van der Waals surface area contributed by atoms with Gasteiger partial charge in [0.05, 0.1) is 0 Å². The fourth-order valence-electron chi connectivity index (χ4n) is 0.594. The highest BCUT2D eigenvalue weighted by Crippen LogP contribution is 2.06. The van der Waals surface area contributed by atoms with Crippen LogP contribution in [-0.2, 0) is 0 Å². The van der Waals surface area contributed by atoms with E-state index in [1.54, 1.807) is 6.21 Å². The molecule has 1 aliphatic heterocycles. The van der Waals surface area contributed by atoms with E-state index < -0.39 is 0 Å². The normalized spacial score (nSPS) is 25.9.